The zero-order valence-corrected chi connectivity index (χ0v) is 10.7. The van der Waals surface area contributed by atoms with Gasteiger partial charge in [0, 0.05) is 6.07 Å². The quantitative estimate of drug-likeness (QED) is 0.709. The van der Waals surface area contributed by atoms with E-state index in [0.29, 0.717) is 11.0 Å². The largest absolute Gasteiger partial charge is 0.508 e. The second-order valence-corrected chi connectivity index (χ2v) is 4.36. The lowest BCUT2D eigenvalue weighted by molar-refractivity contribution is 0.102. The van der Waals surface area contributed by atoms with Crippen LogP contribution in [0.5, 0.6) is 5.75 Å². The Labute approximate surface area is 119 Å². The average Bonchev–Trinajstić information content (AvgIpc) is 2.49. The van der Waals surface area contributed by atoms with Crippen molar-refractivity contribution in [3.05, 3.63) is 60.2 Å². The minimum absolute atomic E-state index is 0.0345. The highest BCUT2D eigenvalue weighted by Crippen LogP contribution is 2.20. The number of phenolic OH excluding ortho intramolecular Hbond substituents is 1. The highest BCUT2D eigenvalue weighted by atomic mass is 19.1. The minimum Gasteiger partial charge on any atom is -0.508 e. The molecule has 0 aliphatic carbocycles. The summed E-state index contributed by atoms with van der Waals surface area (Å²) in [6, 6.07) is 10.6. The van der Waals surface area contributed by atoms with Crippen molar-refractivity contribution in [2.24, 2.45) is 0 Å². The molecule has 21 heavy (non-hydrogen) atoms. The monoisotopic (exact) mass is 283 g/mol. The van der Waals surface area contributed by atoms with Crippen LogP contribution >= 0.6 is 0 Å². The first-order valence-electron chi connectivity index (χ1n) is 6.15. The van der Waals surface area contributed by atoms with Gasteiger partial charge < -0.3 is 10.4 Å². The third-order valence-electron chi connectivity index (χ3n) is 2.88. The fraction of sp³-hybridized carbons (Fsp3) is 0. The van der Waals surface area contributed by atoms with Gasteiger partial charge in [-0.25, -0.2) is 9.37 Å². The second-order valence-electron chi connectivity index (χ2n) is 4.36. The Bertz CT molecular complexity index is 836. The molecule has 6 heteroatoms. The Hall–Kier alpha value is -3.02. The van der Waals surface area contributed by atoms with E-state index in [9.17, 15) is 9.18 Å². The number of benzene rings is 2. The zero-order chi connectivity index (χ0) is 14.8. The molecular formula is C15H10FN3O2. The maximum absolute atomic E-state index is 13.6. The van der Waals surface area contributed by atoms with E-state index in [1.54, 1.807) is 18.2 Å². The molecule has 0 saturated heterocycles. The van der Waals surface area contributed by atoms with Gasteiger partial charge in [-0.2, -0.15) is 0 Å². The standard InChI is InChI=1S/C15H10FN3O2/c16-10-7-9(20)5-6-11(10)19-15(21)14-8-17-12-3-1-2-4-13(12)18-14/h1-8,20H,(H,19,21). The molecular weight excluding hydrogens is 273 g/mol. The molecule has 2 N–H and O–H groups in total. The number of carbonyl (C=O) groups is 1. The number of aromatic nitrogens is 2. The molecule has 3 aromatic rings. The van der Waals surface area contributed by atoms with E-state index < -0.39 is 11.7 Å². The number of rotatable bonds is 2. The van der Waals surface area contributed by atoms with E-state index in [0.717, 1.165) is 6.07 Å². The molecule has 3 rings (SSSR count). The number of phenols is 1. The number of halogens is 1. The van der Waals surface area contributed by atoms with Gasteiger partial charge >= 0.3 is 0 Å². The highest BCUT2D eigenvalue weighted by Gasteiger charge is 2.12. The van der Waals surface area contributed by atoms with Crippen LogP contribution in [0, 0.1) is 5.82 Å². The van der Waals surface area contributed by atoms with Crippen molar-refractivity contribution in [1.29, 1.82) is 0 Å². The summed E-state index contributed by atoms with van der Waals surface area (Å²) in [5, 5.41) is 11.5. The van der Waals surface area contributed by atoms with Crippen molar-refractivity contribution in [3.63, 3.8) is 0 Å². The van der Waals surface area contributed by atoms with Crippen molar-refractivity contribution in [2.45, 2.75) is 0 Å². The van der Waals surface area contributed by atoms with Crippen LogP contribution in [0.3, 0.4) is 0 Å². The van der Waals surface area contributed by atoms with Crippen LogP contribution in [0.4, 0.5) is 10.1 Å². The Kier molecular flexibility index (Phi) is 3.19. The van der Waals surface area contributed by atoms with Gasteiger partial charge in [0.05, 0.1) is 22.9 Å². The van der Waals surface area contributed by atoms with Crippen LogP contribution in [-0.4, -0.2) is 21.0 Å². The topological polar surface area (TPSA) is 75.1 Å². The van der Waals surface area contributed by atoms with E-state index in [2.05, 4.69) is 15.3 Å². The number of amides is 1. The van der Waals surface area contributed by atoms with Gasteiger partial charge in [-0.15, -0.1) is 0 Å². The molecule has 1 aromatic heterocycles. The minimum atomic E-state index is -0.725. The third kappa shape index (κ3) is 2.64. The molecule has 1 heterocycles. The first-order valence-corrected chi connectivity index (χ1v) is 6.15. The number of nitrogens with one attached hydrogen (secondary N) is 1. The fourth-order valence-corrected chi connectivity index (χ4v) is 1.86. The van der Waals surface area contributed by atoms with E-state index in [4.69, 9.17) is 5.11 Å². The smallest absolute Gasteiger partial charge is 0.275 e. The number of aromatic hydroxyl groups is 1. The summed E-state index contributed by atoms with van der Waals surface area (Å²) in [5.41, 5.74) is 1.30. The van der Waals surface area contributed by atoms with Gasteiger partial charge in [-0.3, -0.25) is 9.78 Å². The normalized spacial score (nSPS) is 10.5. The Morgan fingerprint density at radius 1 is 1.14 bits per heavy atom. The zero-order valence-electron chi connectivity index (χ0n) is 10.7. The van der Waals surface area contributed by atoms with Crippen molar-refractivity contribution in [2.75, 3.05) is 5.32 Å². The van der Waals surface area contributed by atoms with Crippen molar-refractivity contribution in [3.8, 4) is 5.75 Å². The summed E-state index contributed by atoms with van der Waals surface area (Å²) in [4.78, 5) is 20.3. The number of nitrogens with zero attached hydrogens (tertiary/aromatic N) is 2. The summed E-state index contributed by atoms with van der Waals surface area (Å²) in [7, 11) is 0. The van der Waals surface area contributed by atoms with Gasteiger partial charge in [0.25, 0.3) is 5.91 Å². The SMILES string of the molecule is O=C(Nc1ccc(O)cc1F)c1cnc2ccccc2n1. The van der Waals surface area contributed by atoms with Crippen LogP contribution in [0.25, 0.3) is 11.0 Å². The molecule has 0 spiro atoms. The van der Waals surface area contributed by atoms with Crippen molar-refractivity contribution >= 4 is 22.6 Å². The molecule has 2 aromatic carbocycles. The van der Waals surface area contributed by atoms with Gasteiger partial charge in [-0.05, 0) is 24.3 Å². The van der Waals surface area contributed by atoms with Crippen LogP contribution < -0.4 is 5.32 Å². The maximum Gasteiger partial charge on any atom is 0.275 e. The Morgan fingerprint density at radius 2 is 1.90 bits per heavy atom. The number of fused-ring (bicyclic) bond motifs is 1. The molecule has 0 atom stereocenters. The van der Waals surface area contributed by atoms with E-state index in [1.165, 1.54) is 18.3 Å². The molecule has 0 aliphatic heterocycles. The van der Waals surface area contributed by atoms with Crippen molar-refractivity contribution < 1.29 is 14.3 Å². The summed E-state index contributed by atoms with van der Waals surface area (Å²) >= 11 is 0. The average molecular weight is 283 g/mol. The molecule has 104 valence electrons. The molecule has 0 fully saturated rings. The molecule has 0 unspecified atom stereocenters. The van der Waals surface area contributed by atoms with Crippen LogP contribution in [0.2, 0.25) is 0 Å². The third-order valence-corrected chi connectivity index (χ3v) is 2.88. The van der Waals surface area contributed by atoms with Crippen LogP contribution in [-0.2, 0) is 0 Å². The molecule has 5 nitrogen and oxygen atoms in total. The second kappa shape index (κ2) is 5.16. The summed E-state index contributed by atoms with van der Waals surface area (Å²) in [5.74, 6) is -1.51. The lowest BCUT2D eigenvalue weighted by Gasteiger charge is -2.06. The Balaban J connectivity index is 1.89. The number of anilines is 1. The van der Waals surface area contributed by atoms with Gasteiger partial charge in [0.15, 0.2) is 0 Å². The van der Waals surface area contributed by atoms with Crippen molar-refractivity contribution in [1.82, 2.24) is 9.97 Å². The maximum atomic E-state index is 13.6. The number of carbonyl (C=O) groups excluding carboxylic acids is 1. The van der Waals surface area contributed by atoms with E-state index >= 15 is 0 Å². The van der Waals surface area contributed by atoms with Crippen LogP contribution in [0.15, 0.2) is 48.7 Å². The lowest BCUT2D eigenvalue weighted by atomic mass is 10.2. The number of hydrogen-bond donors (Lipinski definition) is 2. The molecule has 0 aliphatic rings. The molecule has 1 amide bonds. The first-order chi connectivity index (χ1) is 10.1. The number of hydrogen-bond acceptors (Lipinski definition) is 4. The predicted octanol–water partition coefficient (Wildman–Crippen LogP) is 2.73. The van der Waals surface area contributed by atoms with Gasteiger partial charge in [-0.1, -0.05) is 12.1 Å². The summed E-state index contributed by atoms with van der Waals surface area (Å²) < 4.78 is 13.6. The number of para-hydroxylation sites is 2. The Morgan fingerprint density at radius 3 is 2.67 bits per heavy atom. The van der Waals surface area contributed by atoms with E-state index in [1.807, 2.05) is 6.07 Å². The lowest BCUT2D eigenvalue weighted by Crippen LogP contribution is -2.15. The molecule has 0 radical (unpaired) electrons. The fourth-order valence-electron chi connectivity index (χ4n) is 1.86. The van der Waals surface area contributed by atoms with Gasteiger partial charge in [0.1, 0.15) is 17.3 Å². The van der Waals surface area contributed by atoms with Crippen LogP contribution in [0.1, 0.15) is 10.5 Å². The first kappa shape index (κ1) is 13.0. The van der Waals surface area contributed by atoms with E-state index in [-0.39, 0.29) is 17.1 Å². The molecule has 0 bridgehead atoms. The summed E-state index contributed by atoms with van der Waals surface area (Å²) in [6.45, 7) is 0. The predicted molar refractivity (Wildman–Crippen MR) is 75.6 cm³/mol. The van der Waals surface area contributed by atoms with Gasteiger partial charge in [0.2, 0.25) is 0 Å². The highest BCUT2D eigenvalue weighted by molar-refractivity contribution is 6.03. The summed E-state index contributed by atoms with van der Waals surface area (Å²) in [6.07, 6.45) is 1.33. The molecule has 0 saturated carbocycles.